The summed E-state index contributed by atoms with van der Waals surface area (Å²) in [5, 5.41) is 6.60. The van der Waals surface area contributed by atoms with Crippen LogP contribution in [0.15, 0.2) is 47.1 Å². The Morgan fingerprint density at radius 1 is 0.969 bits per heavy atom. The van der Waals surface area contributed by atoms with E-state index in [2.05, 4.69) is 36.4 Å². The molecule has 0 saturated heterocycles. The molecule has 3 heterocycles. The van der Waals surface area contributed by atoms with Crippen molar-refractivity contribution in [1.29, 1.82) is 0 Å². The van der Waals surface area contributed by atoms with E-state index in [0.717, 1.165) is 27.3 Å². The van der Waals surface area contributed by atoms with Gasteiger partial charge in [0.1, 0.15) is 10.7 Å². The van der Waals surface area contributed by atoms with Crippen molar-refractivity contribution in [2.75, 3.05) is 10.6 Å². The molecule has 0 spiro atoms. The summed E-state index contributed by atoms with van der Waals surface area (Å²) < 4.78 is 5.11. The summed E-state index contributed by atoms with van der Waals surface area (Å²) in [6.45, 7) is 10.1. The fourth-order valence-electron chi connectivity index (χ4n) is 3.35. The molecule has 0 atom stereocenters. The number of thiophene rings is 1. The van der Waals surface area contributed by atoms with Crippen LogP contribution in [0.25, 0.3) is 10.2 Å². The lowest BCUT2D eigenvalue weighted by atomic mass is 9.95. The Labute approximate surface area is 189 Å². The number of furan rings is 1. The largest absolute Gasteiger partial charge is 0.459 e. The molecule has 0 saturated carbocycles. The molecule has 3 aromatic heterocycles. The van der Waals surface area contributed by atoms with Crippen molar-refractivity contribution in [2.45, 2.75) is 40.0 Å². The number of rotatable bonds is 4. The lowest BCUT2D eigenvalue weighted by Gasteiger charge is -2.16. The number of hydrogen-bond donors (Lipinski definition) is 2. The number of hydrogen-bond acceptors (Lipinski definition) is 6. The second-order valence-electron chi connectivity index (χ2n) is 8.59. The zero-order valence-corrected chi connectivity index (χ0v) is 19.4. The van der Waals surface area contributed by atoms with Crippen LogP contribution in [0.2, 0.25) is 0 Å². The van der Waals surface area contributed by atoms with Gasteiger partial charge < -0.3 is 15.1 Å². The molecule has 32 heavy (non-hydrogen) atoms. The maximum absolute atomic E-state index is 13.1. The maximum atomic E-state index is 13.1. The van der Waals surface area contributed by atoms with Crippen LogP contribution in [0, 0.1) is 13.8 Å². The van der Waals surface area contributed by atoms with Gasteiger partial charge in [0.05, 0.1) is 16.8 Å². The number of fused-ring (bicyclic) bond motifs is 1. The van der Waals surface area contributed by atoms with Crippen LogP contribution >= 0.6 is 11.3 Å². The monoisotopic (exact) mass is 448 g/mol. The minimum Gasteiger partial charge on any atom is -0.459 e. The highest BCUT2D eigenvalue weighted by Gasteiger charge is 2.23. The third-order valence-electron chi connectivity index (χ3n) is 4.97. The van der Waals surface area contributed by atoms with Gasteiger partial charge in [-0.15, -0.1) is 11.3 Å². The second-order valence-corrected chi connectivity index (χ2v) is 9.58. The molecule has 0 radical (unpaired) electrons. The van der Waals surface area contributed by atoms with Gasteiger partial charge in [-0.1, -0.05) is 26.8 Å². The van der Waals surface area contributed by atoms with Gasteiger partial charge in [-0.3, -0.25) is 9.59 Å². The van der Waals surface area contributed by atoms with E-state index in [9.17, 15) is 9.59 Å². The molecule has 2 amide bonds. The molecule has 0 aliphatic rings. The van der Waals surface area contributed by atoms with E-state index in [1.165, 1.54) is 17.6 Å². The Balaban J connectivity index is 1.58. The zero-order valence-electron chi connectivity index (χ0n) is 18.6. The number of aromatic nitrogens is 2. The number of aryl methyl sites for hydroxylation is 2. The fourth-order valence-corrected chi connectivity index (χ4v) is 4.48. The van der Waals surface area contributed by atoms with E-state index in [1.807, 2.05) is 13.8 Å². The van der Waals surface area contributed by atoms with E-state index in [1.54, 1.807) is 36.4 Å². The summed E-state index contributed by atoms with van der Waals surface area (Å²) in [6, 6.07) is 10.2. The van der Waals surface area contributed by atoms with E-state index >= 15 is 0 Å². The van der Waals surface area contributed by atoms with Crippen molar-refractivity contribution in [3.05, 3.63) is 70.4 Å². The fraction of sp³-hybridized carbons (Fsp3) is 0.250. The van der Waals surface area contributed by atoms with E-state index in [-0.39, 0.29) is 23.0 Å². The molecule has 7 nitrogen and oxygen atoms in total. The van der Waals surface area contributed by atoms with Gasteiger partial charge in [0, 0.05) is 22.2 Å². The molecule has 164 valence electrons. The van der Waals surface area contributed by atoms with Crippen molar-refractivity contribution in [3.63, 3.8) is 0 Å². The van der Waals surface area contributed by atoms with Crippen LogP contribution in [-0.2, 0) is 5.41 Å². The van der Waals surface area contributed by atoms with Crippen LogP contribution < -0.4 is 10.6 Å². The SMILES string of the molecule is Cc1nc(C(C)(C)C)nc2sc(C(=O)Nc3cccc(NC(=O)c4ccco4)c3)c(C)c12. The minimum atomic E-state index is -0.359. The number of carbonyl (C=O) groups is 2. The van der Waals surface area contributed by atoms with E-state index in [0.29, 0.717) is 16.3 Å². The quantitative estimate of drug-likeness (QED) is 0.417. The standard InChI is InChI=1S/C24H24N4O3S/c1-13-18-14(2)25-23(24(3,4)5)28-22(18)32-19(13)21(30)27-16-9-6-8-15(12-16)26-20(29)17-10-7-11-31-17/h6-12H,1-5H3,(H,26,29)(H,27,30). The lowest BCUT2D eigenvalue weighted by Crippen LogP contribution is -2.16. The van der Waals surface area contributed by atoms with Crippen molar-refractivity contribution < 1.29 is 14.0 Å². The third-order valence-corrected chi connectivity index (χ3v) is 6.16. The molecule has 0 bridgehead atoms. The Bertz CT molecular complexity index is 1320. The molecule has 4 aromatic rings. The average molecular weight is 449 g/mol. The van der Waals surface area contributed by atoms with Gasteiger partial charge in [-0.05, 0) is 49.7 Å². The average Bonchev–Trinajstić information content (AvgIpc) is 3.36. The molecule has 0 aliphatic carbocycles. The predicted molar refractivity (Wildman–Crippen MR) is 127 cm³/mol. The van der Waals surface area contributed by atoms with Gasteiger partial charge in [-0.25, -0.2) is 9.97 Å². The number of nitrogens with one attached hydrogen (secondary N) is 2. The number of carbonyl (C=O) groups excluding carboxylic acids is 2. The number of amides is 2. The molecule has 2 N–H and O–H groups in total. The molecule has 0 aliphatic heterocycles. The van der Waals surface area contributed by atoms with Crippen LogP contribution in [0.3, 0.4) is 0 Å². The summed E-state index contributed by atoms with van der Waals surface area (Å²) in [5.74, 6) is 0.390. The van der Waals surface area contributed by atoms with Crippen LogP contribution in [0.4, 0.5) is 11.4 Å². The van der Waals surface area contributed by atoms with E-state index in [4.69, 9.17) is 9.40 Å². The molecular formula is C24H24N4O3S. The number of benzene rings is 1. The first-order valence-electron chi connectivity index (χ1n) is 10.2. The van der Waals surface area contributed by atoms with Crippen LogP contribution in [0.5, 0.6) is 0 Å². The Morgan fingerprint density at radius 3 is 2.28 bits per heavy atom. The highest BCUT2D eigenvalue weighted by Crippen LogP contribution is 2.33. The summed E-state index contributed by atoms with van der Waals surface area (Å²) in [6.07, 6.45) is 1.44. The summed E-state index contributed by atoms with van der Waals surface area (Å²) in [5.41, 5.74) is 2.67. The molecule has 0 unspecified atom stereocenters. The summed E-state index contributed by atoms with van der Waals surface area (Å²) in [7, 11) is 0. The lowest BCUT2D eigenvalue weighted by molar-refractivity contribution is 0.0995. The van der Waals surface area contributed by atoms with Crippen LogP contribution in [0.1, 0.15) is 58.1 Å². The summed E-state index contributed by atoms with van der Waals surface area (Å²) >= 11 is 1.36. The Morgan fingerprint density at radius 2 is 1.66 bits per heavy atom. The van der Waals surface area contributed by atoms with E-state index < -0.39 is 0 Å². The van der Waals surface area contributed by atoms with Crippen molar-refractivity contribution >= 4 is 44.7 Å². The second kappa shape index (κ2) is 8.20. The highest BCUT2D eigenvalue weighted by atomic mass is 32.1. The van der Waals surface area contributed by atoms with Crippen molar-refractivity contribution in [3.8, 4) is 0 Å². The Kier molecular flexibility index (Phi) is 5.56. The minimum absolute atomic E-state index is 0.181. The highest BCUT2D eigenvalue weighted by molar-refractivity contribution is 7.20. The first-order valence-corrected chi connectivity index (χ1v) is 11.0. The normalized spacial score (nSPS) is 11.5. The van der Waals surface area contributed by atoms with Gasteiger partial charge in [0.2, 0.25) is 0 Å². The third kappa shape index (κ3) is 4.27. The zero-order chi connectivity index (χ0) is 23.0. The Hall–Kier alpha value is -3.52. The number of nitrogens with zero attached hydrogens (tertiary/aromatic N) is 2. The van der Waals surface area contributed by atoms with Crippen molar-refractivity contribution in [2.24, 2.45) is 0 Å². The van der Waals surface area contributed by atoms with Crippen molar-refractivity contribution in [1.82, 2.24) is 9.97 Å². The number of anilines is 2. The molecule has 4 rings (SSSR count). The van der Waals surface area contributed by atoms with Crippen LogP contribution in [-0.4, -0.2) is 21.8 Å². The molecular weight excluding hydrogens is 424 g/mol. The first kappa shape index (κ1) is 21.7. The predicted octanol–water partition coefficient (Wildman–Crippen LogP) is 5.70. The maximum Gasteiger partial charge on any atom is 0.291 e. The topological polar surface area (TPSA) is 97.1 Å². The molecule has 8 heteroatoms. The van der Waals surface area contributed by atoms with Gasteiger partial charge in [0.15, 0.2) is 5.76 Å². The molecule has 0 fully saturated rings. The first-order chi connectivity index (χ1) is 15.1. The smallest absolute Gasteiger partial charge is 0.291 e. The van der Waals surface area contributed by atoms with Gasteiger partial charge in [0.25, 0.3) is 11.8 Å². The van der Waals surface area contributed by atoms with Gasteiger partial charge >= 0.3 is 0 Å². The molecule has 1 aromatic carbocycles. The summed E-state index contributed by atoms with van der Waals surface area (Å²) in [4.78, 5) is 36.1. The van der Waals surface area contributed by atoms with Gasteiger partial charge in [-0.2, -0.15) is 0 Å².